The Bertz CT molecular complexity index is 1140. The Kier molecular flexibility index (Phi) is 8.48. The number of nitrogens with zero attached hydrogens (tertiary/aromatic N) is 6. The van der Waals surface area contributed by atoms with E-state index < -0.39 is 0 Å². The zero-order valence-electron chi connectivity index (χ0n) is 19.7. The first kappa shape index (κ1) is 24.6. The lowest BCUT2D eigenvalue weighted by molar-refractivity contribution is 0.0317. The molecule has 0 amide bonds. The molecule has 0 spiro atoms. The number of anilines is 1. The summed E-state index contributed by atoms with van der Waals surface area (Å²) in [5.74, 6) is 3.69. The van der Waals surface area contributed by atoms with Gasteiger partial charge in [0.05, 0.1) is 18.2 Å². The molecule has 0 aliphatic rings. The standard InChI is InChI=1S/C25H29N7O2/c1-7-9-23(33-17(3)4)19(6)29-25-26-13-22(14-27-25)21-11-10-20(8-2)24(12-21)34-18(5)15-32-16-28-30-31-32/h2,7,10-14,16-18,23H,1,6,9,15H2,3-5H3,(H,26,27,29)/t18-,23?/m1/s1. The average molecular weight is 460 g/mol. The molecule has 0 aliphatic carbocycles. The number of tetrazole rings is 1. The largest absolute Gasteiger partial charge is 0.487 e. The summed E-state index contributed by atoms with van der Waals surface area (Å²) in [5.41, 5.74) is 3.02. The smallest absolute Gasteiger partial charge is 0.226 e. The number of hydrogen-bond acceptors (Lipinski definition) is 8. The summed E-state index contributed by atoms with van der Waals surface area (Å²) in [6, 6.07) is 5.63. The molecule has 1 unspecified atom stereocenters. The van der Waals surface area contributed by atoms with Crippen LogP contribution >= 0.6 is 0 Å². The number of nitrogens with one attached hydrogen (secondary N) is 1. The minimum Gasteiger partial charge on any atom is -0.487 e. The van der Waals surface area contributed by atoms with E-state index in [4.69, 9.17) is 15.9 Å². The molecule has 3 rings (SSSR count). The number of hydrogen-bond donors (Lipinski definition) is 1. The maximum atomic E-state index is 6.08. The fourth-order valence-corrected chi connectivity index (χ4v) is 3.23. The van der Waals surface area contributed by atoms with Crippen LogP contribution in [0.4, 0.5) is 5.95 Å². The van der Waals surface area contributed by atoms with Crippen molar-refractivity contribution in [2.24, 2.45) is 0 Å². The predicted molar refractivity (Wildman–Crippen MR) is 131 cm³/mol. The normalized spacial score (nSPS) is 12.6. The highest BCUT2D eigenvalue weighted by Crippen LogP contribution is 2.28. The Hall–Kier alpha value is -4.03. The predicted octanol–water partition coefficient (Wildman–Crippen LogP) is 3.87. The van der Waals surface area contributed by atoms with Crippen molar-refractivity contribution in [1.29, 1.82) is 0 Å². The highest BCUT2D eigenvalue weighted by Gasteiger charge is 2.15. The number of terminal acetylenes is 1. The van der Waals surface area contributed by atoms with Crippen molar-refractivity contribution in [2.75, 3.05) is 5.32 Å². The molecule has 1 aromatic carbocycles. The van der Waals surface area contributed by atoms with E-state index in [0.717, 1.165) is 11.1 Å². The van der Waals surface area contributed by atoms with Crippen molar-refractivity contribution in [3.05, 3.63) is 67.4 Å². The van der Waals surface area contributed by atoms with Crippen LogP contribution in [0.2, 0.25) is 0 Å². The summed E-state index contributed by atoms with van der Waals surface area (Å²) in [6.45, 7) is 14.2. The molecule has 2 atom stereocenters. The second kappa shape index (κ2) is 11.7. The van der Waals surface area contributed by atoms with Gasteiger partial charge in [0.1, 0.15) is 24.3 Å². The molecule has 0 radical (unpaired) electrons. The van der Waals surface area contributed by atoms with Crippen LogP contribution in [-0.4, -0.2) is 48.5 Å². The van der Waals surface area contributed by atoms with Crippen molar-refractivity contribution in [1.82, 2.24) is 30.2 Å². The molecule has 0 saturated carbocycles. The third-order valence-electron chi connectivity index (χ3n) is 4.76. The summed E-state index contributed by atoms with van der Waals surface area (Å²) in [5, 5.41) is 14.3. The van der Waals surface area contributed by atoms with Gasteiger partial charge in [-0.3, -0.25) is 0 Å². The third-order valence-corrected chi connectivity index (χ3v) is 4.76. The maximum Gasteiger partial charge on any atom is 0.226 e. The summed E-state index contributed by atoms with van der Waals surface area (Å²) in [7, 11) is 0. The number of rotatable bonds is 12. The van der Waals surface area contributed by atoms with Crippen molar-refractivity contribution in [3.63, 3.8) is 0 Å². The first-order chi connectivity index (χ1) is 16.4. The lowest BCUT2D eigenvalue weighted by Gasteiger charge is -2.22. The molecular weight excluding hydrogens is 430 g/mol. The zero-order valence-corrected chi connectivity index (χ0v) is 19.7. The molecule has 2 aromatic heterocycles. The number of ether oxygens (including phenoxy) is 2. The fraction of sp³-hybridized carbons (Fsp3) is 0.320. The molecule has 0 bridgehead atoms. The van der Waals surface area contributed by atoms with Crippen molar-refractivity contribution in [3.8, 4) is 29.2 Å². The monoisotopic (exact) mass is 459 g/mol. The zero-order chi connectivity index (χ0) is 24.5. The highest BCUT2D eigenvalue weighted by molar-refractivity contribution is 5.66. The van der Waals surface area contributed by atoms with E-state index in [1.807, 2.05) is 39.0 Å². The van der Waals surface area contributed by atoms with Crippen LogP contribution in [0.15, 0.2) is 61.9 Å². The second-order valence-corrected chi connectivity index (χ2v) is 7.96. The van der Waals surface area contributed by atoms with Crippen molar-refractivity contribution < 1.29 is 9.47 Å². The van der Waals surface area contributed by atoms with Crippen LogP contribution in [0.3, 0.4) is 0 Å². The maximum absolute atomic E-state index is 6.08. The molecule has 3 aromatic rings. The van der Waals surface area contributed by atoms with E-state index in [1.54, 1.807) is 23.2 Å². The van der Waals surface area contributed by atoms with Gasteiger partial charge in [-0.2, -0.15) is 0 Å². The molecule has 1 N–H and O–H groups in total. The lowest BCUT2D eigenvalue weighted by Crippen LogP contribution is -2.23. The molecule has 34 heavy (non-hydrogen) atoms. The minimum atomic E-state index is -0.216. The van der Waals surface area contributed by atoms with Gasteiger partial charge in [-0.15, -0.1) is 18.1 Å². The van der Waals surface area contributed by atoms with Gasteiger partial charge in [0.2, 0.25) is 5.95 Å². The van der Waals surface area contributed by atoms with Gasteiger partial charge >= 0.3 is 0 Å². The topological polar surface area (TPSA) is 99.9 Å². The Labute approximate surface area is 199 Å². The van der Waals surface area contributed by atoms with E-state index in [2.05, 4.69) is 49.9 Å². The molecule has 9 nitrogen and oxygen atoms in total. The van der Waals surface area contributed by atoms with Gasteiger partial charge < -0.3 is 14.8 Å². The van der Waals surface area contributed by atoms with E-state index in [-0.39, 0.29) is 18.3 Å². The SMILES string of the molecule is C#Cc1ccc(-c2cnc(NC(=C)C(CC=C)OC(C)C)nc2)cc1O[C@H](C)Cn1cnnn1. The van der Waals surface area contributed by atoms with Gasteiger partial charge in [0, 0.05) is 23.7 Å². The van der Waals surface area contributed by atoms with Crippen LogP contribution in [0.25, 0.3) is 11.1 Å². The Balaban J connectivity index is 1.72. The fourth-order valence-electron chi connectivity index (χ4n) is 3.23. The number of aromatic nitrogens is 6. The lowest BCUT2D eigenvalue weighted by atomic mass is 10.1. The van der Waals surface area contributed by atoms with Gasteiger partial charge in [0.25, 0.3) is 0 Å². The summed E-state index contributed by atoms with van der Waals surface area (Å²) < 4.78 is 13.6. The molecule has 0 saturated heterocycles. The average Bonchev–Trinajstić information content (AvgIpc) is 3.32. The Morgan fingerprint density at radius 3 is 2.62 bits per heavy atom. The van der Waals surface area contributed by atoms with Gasteiger partial charge in [-0.1, -0.05) is 24.6 Å². The van der Waals surface area contributed by atoms with E-state index in [1.165, 1.54) is 6.33 Å². The van der Waals surface area contributed by atoms with Crippen LogP contribution in [0, 0.1) is 12.3 Å². The van der Waals surface area contributed by atoms with E-state index in [9.17, 15) is 0 Å². The Morgan fingerprint density at radius 1 is 1.24 bits per heavy atom. The molecule has 0 fully saturated rings. The second-order valence-electron chi connectivity index (χ2n) is 7.96. The highest BCUT2D eigenvalue weighted by atomic mass is 16.5. The molecule has 0 aliphatic heterocycles. The molecule has 2 heterocycles. The van der Waals surface area contributed by atoms with E-state index >= 15 is 0 Å². The molecule has 176 valence electrons. The van der Waals surface area contributed by atoms with E-state index in [0.29, 0.717) is 35.9 Å². The molecule has 9 heteroatoms. The van der Waals surface area contributed by atoms with Crippen LogP contribution in [-0.2, 0) is 11.3 Å². The summed E-state index contributed by atoms with van der Waals surface area (Å²) in [4.78, 5) is 8.86. The van der Waals surface area contributed by atoms with Gasteiger partial charge in [-0.05, 0) is 55.3 Å². The first-order valence-electron chi connectivity index (χ1n) is 10.9. The summed E-state index contributed by atoms with van der Waals surface area (Å²) >= 11 is 0. The summed E-state index contributed by atoms with van der Waals surface area (Å²) in [6.07, 6.45) is 12.7. The van der Waals surface area contributed by atoms with Crippen LogP contribution in [0.1, 0.15) is 32.8 Å². The first-order valence-corrected chi connectivity index (χ1v) is 10.9. The number of benzene rings is 1. The quantitative estimate of drug-likeness (QED) is 0.322. The Morgan fingerprint density at radius 2 is 2.00 bits per heavy atom. The van der Waals surface area contributed by atoms with Crippen LogP contribution < -0.4 is 10.1 Å². The van der Waals surface area contributed by atoms with Gasteiger partial charge in [-0.25, -0.2) is 14.6 Å². The van der Waals surface area contributed by atoms with Crippen molar-refractivity contribution >= 4 is 5.95 Å². The van der Waals surface area contributed by atoms with Crippen LogP contribution in [0.5, 0.6) is 5.75 Å². The minimum absolute atomic E-state index is 0.0600. The molecular formula is C25H29N7O2. The van der Waals surface area contributed by atoms with Crippen molar-refractivity contribution in [2.45, 2.75) is 52.0 Å². The third kappa shape index (κ3) is 6.73. The van der Waals surface area contributed by atoms with Gasteiger partial charge in [0.15, 0.2) is 0 Å².